The SMILES string of the molecule is COC(=O)C(c1ccc(Br)cc1)C(COC(C)=O)S(=O)(=O)O. The van der Waals surface area contributed by atoms with Crippen LogP contribution in [-0.2, 0) is 29.2 Å². The van der Waals surface area contributed by atoms with Crippen molar-refractivity contribution in [3.63, 3.8) is 0 Å². The molecule has 0 spiro atoms. The van der Waals surface area contributed by atoms with E-state index in [0.717, 1.165) is 18.5 Å². The molecule has 1 N–H and O–H groups in total. The predicted octanol–water partition coefficient (Wildman–Crippen LogP) is 1.53. The first-order valence-corrected chi connectivity index (χ1v) is 8.39. The van der Waals surface area contributed by atoms with Crippen molar-refractivity contribution in [2.24, 2.45) is 0 Å². The minimum absolute atomic E-state index is 0.310. The molecule has 1 aromatic carbocycles. The molecule has 0 fully saturated rings. The summed E-state index contributed by atoms with van der Waals surface area (Å²) in [4.78, 5) is 22.9. The van der Waals surface area contributed by atoms with Crippen LogP contribution in [0.3, 0.4) is 0 Å². The number of carbonyl (C=O) groups is 2. The molecule has 0 aliphatic rings. The Kier molecular flexibility index (Phi) is 6.51. The van der Waals surface area contributed by atoms with Gasteiger partial charge in [0.25, 0.3) is 10.1 Å². The van der Waals surface area contributed by atoms with Crippen LogP contribution in [0.5, 0.6) is 0 Å². The number of hydrogen-bond donors (Lipinski definition) is 1. The fraction of sp³-hybridized carbons (Fsp3) is 0.385. The third-order valence-corrected chi connectivity index (χ3v) is 4.59. The number of benzene rings is 1. The highest BCUT2D eigenvalue weighted by Crippen LogP contribution is 2.27. The Balaban J connectivity index is 3.28. The topological polar surface area (TPSA) is 107 Å². The average Bonchev–Trinajstić information content (AvgIpc) is 2.42. The summed E-state index contributed by atoms with van der Waals surface area (Å²) < 4.78 is 42.6. The van der Waals surface area contributed by atoms with Crippen LogP contribution in [0.2, 0.25) is 0 Å². The Morgan fingerprint density at radius 1 is 1.27 bits per heavy atom. The number of rotatable bonds is 6. The Morgan fingerprint density at radius 2 is 1.82 bits per heavy atom. The van der Waals surface area contributed by atoms with Gasteiger partial charge in [0.15, 0.2) is 0 Å². The second-order valence-corrected chi connectivity index (χ2v) is 6.96. The second kappa shape index (κ2) is 7.70. The van der Waals surface area contributed by atoms with Crippen molar-refractivity contribution in [1.29, 1.82) is 0 Å². The smallest absolute Gasteiger partial charge is 0.314 e. The lowest BCUT2D eigenvalue weighted by Crippen LogP contribution is -2.38. The summed E-state index contributed by atoms with van der Waals surface area (Å²) in [6, 6.07) is 6.24. The van der Waals surface area contributed by atoms with Crippen molar-refractivity contribution < 1.29 is 32.0 Å². The summed E-state index contributed by atoms with van der Waals surface area (Å²) in [5.41, 5.74) is 0.310. The van der Waals surface area contributed by atoms with Gasteiger partial charge < -0.3 is 9.47 Å². The first-order chi connectivity index (χ1) is 10.2. The highest BCUT2D eigenvalue weighted by molar-refractivity contribution is 9.10. The van der Waals surface area contributed by atoms with Gasteiger partial charge in [-0.1, -0.05) is 28.1 Å². The van der Waals surface area contributed by atoms with E-state index in [9.17, 15) is 22.6 Å². The molecule has 2 unspecified atom stereocenters. The first-order valence-electron chi connectivity index (χ1n) is 6.09. The van der Waals surface area contributed by atoms with E-state index in [0.29, 0.717) is 5.56 Å². The molecule has 9 heteroatoms. The maximum absolute atomic E-state index is 12.0. The van der Waals surface area contributed by atoms with Gasteiger partial charge in [0.1, 0.15) is 17.8 Å². The van der Waals surface area contributed by atoms with E-state index in [4.69, 9.17) is 0 Å². The summed E-state index contributed by atoms with van der Waals surface area (Å²) >= 11 is 3.22. The van der Waals surface area contributed by atoms with Gasteiger partial charge in [-0.3, -0.25) is 14.1 Å². The second-order valence-electron chi connectivity index (χ2n) is 4.41. The molecule has 0 amide bonds. The molecule has 0 radical (unpaired) electrons. The quantitative estimate of drug-likeness (QED) is 0.575. The number of hydrogen-bond acceptors (Lipinski definition) is 6. The highest BCUT2D eigenvalue weighted by Gasteiger charge is 2.40. The summed E-state index contributed by atoms with van der Waals surface area (Å²) in [7, 11) is -3.56. The van der Waals surface area contributed by atoms with Gasteiger partial charge in [0.2, 0.25) is 0 Å². The number of esters is 2. The molecule has 0 saturated carbocycles. The molecule has 0 aromatic heterocycles. The Hall–Kier alpha value is -1.45. The first kappa shape index (κ1) is 18.6. The van der Waals surface area contributed by atoms with Crippen molar-refractivity contribution in [3.8, 4) is 0 Å². The third kappa shape index (κ3) is 5.08. The van der Waals surface area contributed by atoms with Gasteiger partial charge in [-0.15, -0.1) is 0 Å². The molecule has 1 rings (SSSR count). The zero-order valence-corrected chi connectivity index (χ0v) is 14.3. The van der Waals surface area contributed by atoms with Crippen molar-refractivity contribution in [3.05, 3.63) is 34.3 Å². The molecular weight excluding hydrogens is 380 g/mol. The van der Waals surface area contributed by atoms with Crippen LogP contribution >= 0.6 is 15.9 Å². The lowest BCUT2D eigenvalue weighted by molar-refractivity contribution is -0.146. The van der Waals surface area contributed by atoms with Crippen LogP contribution in [0.25, 0.3) is 0 Å². The van der Waals surface area contributed by atoms with E-state index in [-0.39, 0.29) is 0 Å². The fourth-order valence-corrected chi connectivity index (χ4v) is 2.97. The van der Waals surface area contributed by atoms with Crippen LogP contribution in [-0.4, -0.2) is 43.9 Å². The van der Waals surface area contributed by atoms with E-state index >= 15 is 0 Å². The van der Waals surface area contributed by atoms with Gasteiger partial charge >= 0.3 is 11.9 Å². The molecule has 22 heavy (non-hydrogen) atoms. The Labute approximate surface area is 136 Å². The lowest BCUT2D eigenvalue weighted by atomic mass is 9.95. The summed E-state index contributed by atoms with van der Waals surface area (Å²) in [6.07, 6.45) is 0. The maximum atomic E-state index is 12.0. The summed E-state index contributed by atoms with van der Waals surface area (Å²) in [6.45, 7) is 0.428. The third-order valence-electron chi connectivity index (χ3n) is 2.89. The monoisotopic (exact) mass is 394 g/mol. The molecule has 122 valence electrons. The molecule has 0 saturated heterocycles. The van der Waals surface area contributed by atoms with Crippen LogP contribution in [0.4, 0.5) is 0 Å². The standard InChI is InChI=1S/C13H15BrO7S/c1-8(15)21-7-11(22(17,18)19)12(13(16)20-2)9-3-5-10(14)6-4-9/h3-6,11-12H,7H2,1-2H3,(H,17,18,19). The van der Waals surface area contributed by atoms with Crippen LogP contribution in [0, 0.1) is 0 Å². The lowest BCUT2D eigenvalue weighted by Gasteiger charge is -2.22. The molecule has 0 heterocycles. The van der Waals surface area contributed by atoms with E-state index in [1.807, 2.05) is 0 Å². The van der Waals surface area contributed by atoms with Crippen molar-refractivity contribution in [1.82, 2.24) is 0 Å². The van der Waals surface area contributed by atoms with E-state index in [1.165, 1.54) is 12.1 Å². The van der Waals surface area contributed by atoms with Crippen LogP contribution in [0.1, 0.15) is 18.4 Å². The van der Waals surface area contributed by atoms with Crippen molar-refractivity contribution in [2.75, 3.05) is 13.7 Å². The summed E-state index contributed by atoms with van der Waals surface area (Å²) in [5.74, 6) is -2.92. The zero-order chi connectivity index (χ0) is 16.9. The Morgan fingerprint density at radius 3 is 2.23 bits per heavy atom. The van der Waals surface area contributed by atoms with Gasteiger partial charge in [-0.05, 0) is 17.7 Å². The molecular formula is C13H15BrO7S. The number of halogens is 1. The number of methoxy groups -OCH3 is 1. The van der Waals surface area contributed by atoms with Gasteiger partial charge in [-0.25, -0.2) is 0 Å². The molecule has 0 aliphatic heterocycles. The van der Waals surface area contributed by atoms with E-state index in [1.54, 1.807) is 12.1 Å². The average molecular weight is 395 g/mol. The highest BCUT2D eigenvalue weighted by atomic mass is 79.9. The van der Waals surface area contributed by atoms with Gasteiger partial charge in [0.05, 0.1) is 7.11 Å². The predicted molar refractivity (Wildman–Crippen MR) is 80.9 cm³/mol. The Bertz CT molecular complexity index is 639. The molecule has 2 atom stereocenters. The molecule has 0 aliphatic carbocycles. The van der Waals surface area contributed by atoms with E-state index < -0.39 is 39.8 Å². The largest absolute Gasteiger partial charge is 0.469 e. The van der Waals surface area contributed by atoms with Crippen LogP contribution < -0.4 is 0 Å². The molecule has 7 nitrogen and oxygen atoms in total. The summed E-state index contributed by atoms with van der Waals surface area (Å²) in [5, 5.41) is -1.66. The minimum atomic E-state index is -4.66. The van der Waals surface area contributed by atoms with Gasteiger partial charge in [0, 0.05) is 11.4 Å². The minimum Gasteiger partial charge on any atom is -0.469 e. The zero-order valence-electron chi connectivity index (χ0n) is 11.9. The van der Waals surface area contributed by atoms with Crippen LogP contribution in [0.15, 0.2) is 28.7 Å². The molecule has 1 aromatic rings. The van der Waals surface area contributed by atoms with E-state index in [2.05, 4.69) is 25.4 Å². The van der Waals surface area contributed by atoms with Gasteiger partial charge in [-0.2, -0.15) is 8.42 Å². The maximum Gasteiger partial charge on any atom is 0.314 e. The number of ether oxygens (including phenoxy) is 2. The van der Waals surface area contributed by atoms with Crippen molar-refractivity contribution in [2.45, 2.75) is 18.1 Å². The normalized spacial score (nSPS) is 14.0. The fourth-order valence-electron chi connectivity index (χ4n) is 1.85. The molecule has 0 bridgehead atoms. The van der Waals surface area contributed by atoms with Crippen molar-refractivity contribution >= 4 is 38.0 Å². The number of carbonyl (C=O) groups excluding carboxylic acids is 2.